The van der Waals surface area contributed by atoms with Crippen molar-refractivity contribution in [3.63, 3.8) is 0 Å². The molecule has 0 atom stereocenters. The fourth-order valence-electron chi connectivity index (χ4n) is 3.05. The highest BCUT2D eigenvalue weighted by Gasteiger charge is 2.32. The van der Waals surface area contributed by atoms with Gasteiger partial charge in [0.2, 0.25) is 0 Å². The molecule has 134 valence electrons. The van der Waals surface area contributed by atoms with Gasteiger partial charge in [-0.3, -0.25) is 4.79 Å². The van der Waals surface area contributed by atoms with Gasteiger partial charge in [-0.05, 0) is 41.8 Å². The number of thiophene rings is 1. The number of para-hydroxylation sites is 1. The van der Waals surface area contributed by atoms with Crippen molar-refractivity contribution >= 4 is 17.2 Å². The van der Waals surface area contributed by atoms with E-state index in [0.29, 0.717) is 28.5 Å². The number of amides is 1. The lowest BCUT2D eigenvalue weighted by Crippen LogP contribution is -2.27. The molecule has 1 fully saturated rings. The first kappa shape index (κ1) is 17.8. The second kappa shape index (κ2) is 7.47. The number of alkyl halides is 3. The molecule has 1 N–H and O–H groups in total. The van der Waals surface area contributed by atoms with Gasteiger partial charge in [0, 0.05) is 12.1 Å². The molecule has 1 aliphatic rings. The van der Waals surface area contributed by atoms with Gasteiger partial charge in [-0.2, -0.15) is 0 Å². The summed E-state index contributed by atoms with van der Waals surface area (Å²) >= 11 is 1.21. The largest absolute Gasteiger partial charge is 0.573 e. The van der Waals surface area contributed by atoms with E-state index in [0.717, 1.165) is 12.8 Å². The highest BCUT2D eigenvalue weighted by Crippen LogP contribution is 2.35. The number of carbonyl (C=O) groups excluding carboxylic acids is 1. The molecule has 7 heteroatoms. The summed E-state index contributed by atoms with van der Waals surface area (Å²) in [7, 11) is 0. The van der Waals surface area contributed by atoms with Crippen LogP contribution in [0.15, 0.2) is 35.7 Å². The summed E-state index contributed by atoms with van der Waals surface area (Å²) in [5.74, 6) is 0.0763. The van der Waals surface area contributed by atoms with Gasteiger partial charge >= 0.3 is 6.36 Å². The van der Waals surface area contributed by atoms with Crippen LogP contribution in [-0.2, 0) is 0 Å². The molecule has 3 rings (SSSR count). The average molecular weight is 369 g/mol. The SMILES string of the molecule is O=C(NCC1CCCC1)c1cc(-c2ccccc2OC(F)(F)F)cs1. The highest BCUT2D eigenvalue weighted by molar-refractivity contribution is 7.12. The molecule has 0 spiro atoms. The van der Waals surface area contributed by atoms with Crippen LogP contribution in [0.2, 0.25) is 0 Å². The predicted molar refractivity (Wildman–Crippen MR) is 90.7 cm³/mol. The molecule has 1 saturated carbocycles. The van der Waals surface area contributed by atoms with Gasteiger partial charge in [0.25, 0.3) is 5.91 Å². The number of rotatable bonds is 5. The Labute approximate surface area is 147 Å². The molecule has 2 aromatic rings. The minimum Gasteiger partial charge on any atom is -0.405 e. The third kappa shape index (κ3) is 4.75. The zero-order valence-corrected chi connectivity index (χ0v) is 14.3. The lowest BCUT2D eigenvalue weighted by Gasteiger charge is -2.12. The minimum absolute atomic E-state index is 0.183. The van der Waals surface area contributed by atoms with Gasteiger partial charge in [-0.15, -0.1) is 24.5 Å². The highest BCUT2D eigenvalue weighted by atomic mass is 32.1. The van der Waals surface area contributed by atoms with E-state index in [1.165, 1.54) is 36.3 Å². The average Bonchev–Trinajstić information content (AvgIpc) is 3.23. The summed E-state index contributed by atoms with van der Waals surface area (Å²) in [6.45, 7) is 0.653. The van der Waals surface area contributed by atoms with Crippen molar-refractivity contribution in [2.24, 2.45) is 5.92 Å². The predicted octanol–water partition coefficient (Wildman–Crippen LogP) is 5.23. The summed E-state index contributed by atoms with van der Waals surface area (Å²) in [5.41, 5.74) is 0.849. The molecule has 0 unspecified atom stereocenters. The monoisotopic (exact) mass is 369 g/mol. The van der Waals surface area contributed by atoms with E-state index in [-0.39, 0.29) is 11.7 Å². The molecule has 1 aliphatic carbocycles. The number of carbonyl (C=O) groups is 1. The third-order valence-electron chi connectivity index (χ3n) is 4.27. The van der Waals surface area contributed by atoms with Crippen LogP contribution in [0.3, 0.4) is 0 Å². The molecule has 0 aliphatic heterocycles. The van der Waals surface area contributed by atoms with Gasteiger partial charge in [0.05, 0.1) is 4.88 Å². The van der Waals surface area contributed by atoms with Crippen LogP contribution in [0.5, 0.6) is 5.75 Å². The van der Waals surface area contributed by atoms with E-state index in [1.807, 2.05) is 0 Å². The summed E-state index contributed by atoms with van der Waals surface area (Å²) in [6.07, 6.45) is -0.0663. The lowest BCUT2D eigenvalue weighted by atomic mass is 10.1. The molecule has 0 radical (unpaired) electrons. The van der Waals surface area contributed by atoms with Crippen molar-refractivity contribution < 1.29 is 22.7 Å². The van der Waals surface area contributed by atoms with E-state index in [4.69, 9.17) is 0 Å². The van der Waals surface area contributed by atoms with Crippen molar-refractivity contribution in [1.29, 1.82) is 0 Å². The van der Waals surface area contributed by atoms with Gasteiger partial charge < -0.3 is 10.1 Å². The van der Waals surface area contributed by atoms with Crippen LogP contribution in [-0.4, -0.2) is 18.8 Å². The molecule has 0 saturated heterocycles. The summed E-state index contributed by atoms with van der Waals surface area (Å²) in [6, 6.07) is 7.53. The Morgan fingerprint density at radius 2 is 1.96 bits per heavy atom. The Hall–Kier alpha value is -2.02. The number of benzene rings is 1. The first-order chi connectivity index (χ1) is 11.9. The number of hydrogen-bond donors (Lipinski definition) is 1. The lowest BCUT2D eigenvalue weighted by molar-refractivity contribution is -0.274. The Kier molecular flexibility index (Phi) is 5.32. The summed E-state index contributed by atoms with van der Waals surface area (Å²) < 4.78 is 41.7. The Balaban J connectivity index is 1.71. The molecule has 0 bridgehead atoms. The van der Waals surface area contributed by atoms with E-state index in [9.17, 15) is 18.0 Å². The van der Waals surface area contributed by atoms with Crippen molar-refractivity contribution in [2.75, 3.05) is 6.54 Å². The van der Waals surface area contributed by atoms with Gasteiger partial charge in [-0.25, -0.2) is 0 Å². The van der Waals surface area contributed by atoms with E-state index < -0.39 is 6.36 Å². The van der Waals surface area contributed by atoms with Gasteiger partial charge in [0.15, 0.2) is 0 Å². The maximum atomic E-state index is 12.5. The zero-order chi connectivity index (χ0) is 17.9. The summed E-state index contributed by atoms with van der Waals surface area (Å²) in [5, 5.41) is 4.59. The zero-order valence-electron chi connectivity index (χ0n) is 13.4. The van der Waals surface area contributed by atoms with Crippen molar-refractivity contribution in [1.82, 2.24) is 5.32 Å². The molecule has 1 aromatic heterocycles. The molecular weight excluding hydrogens is 351 g/mol. The Morgan fingerprint density at radius 1 is 1.24 bits per heavy atom. The Morgan fingerprint density at radius 3 is 2.68 bits per heavy atom. The Bertz CT molecular complexity index is 736. The first-order valence-corrected chi connectivity index (χ1v) is 9.02. The van der Waals surface area contributed by atoms with Crippen molar-refractivity contribution in [2.45, 2.75) is 32.0 Å². The normalized spacial score (nSPS) is 15.3. The number of hydrogen-bond acceptors (Lipinski definition) is 3. The van der Waals surface area contributed by atoms with E-state index in [1.54, 1.807) is 23.6 Å². The van der Waals surface area contributed by atoms with Crippen molar-refractivity contribution in [3.8, 4) is 16.9 Å². The molecule has 1 heterocycles. The number of ether oxygens (including phenoxy) is 1. The molecule has 25 heavy (non-hydrogen) atoms. The van der Waals surface area contributed by atoms with Crippen molar-refractivity contribution in [3.05, 3.63) is 40.6 Å². The van der Waals surface area contributed by atoms with Crippen LogP contribution in [0.4, 0.5) is 13.2 Å². The second-order valence-electron chi connectivity index (χ2n) is 6.10. The smallest absolute Gasteiger partial charge is 0.405 e. The topological polar surface area (TPSA) is 38.3 Å². The number of halogens is 3. The van der Waals surface area contributed by atoms with Crippen LogP contribution in [0.25, 0.3) is 11.1 Å². The van der Waals surface area contributed by atoms with Crippen LogP contribution in [0.1, 0.15) is 35.4 Å². The van der Waals surface area contributed by atoms with Crippen LogP contribution < -0.4 is 10.1 Å². The first-order valence-electron chi connectivity index (χ1n) is 8.14. The van der Waals surface area contributed by atoms with Crippen LogP contribution in [0, 0.1) is 5.92 Å². The van der Waals surface area contributed by atoms with Crippen LogP contribution >= 0.6 is 11.3 Å². The maximum Gasteiger partial charge on any atom is 0.573 e. The van der Waals surface area contributed by atoms with E-state index >= 15 is 0 Å². The summed E-state index contributed by atoms with van der Waals surface area (Å²) in [4.78, 5) is 12.7. The number of nitrogens with one attached hydrogen (secondary N) is 1. The molecule has 1 aromatic carbocycles. The standard InChI is InChI=1S/C18H18F3NO2S/c19-18(20,21)24-15-8-4-3-7-14(15)13-9-16(25-11-13)17(23)22-10-12-5-1-2-6-12/h3-4,7-9,11-12H,1-2,5-6,10H2,(H,22,23). The fraction of sp³-hybridized carbons (Fsp3) is 0.389. The maximum absolute atomic E-state index is 12.5. The third-order valence-corrected chi connectivity index (χ3v) is 5.20. The molecular formula is C18H18F3NO2S. The molecule has 1 amide bonds. The van der Waals surface area contributed by atoms with E-state index in [2.05, 4.69) is 10.1 Å². The second-order valence-corrected chi connectivity index (χ2v) is 7.02. The quantitative estimate of drug-likeness (QED) is 0.783. The fourth-order valence-corrected chi connectivity index (χ4v) is 3.88. The molecule has 3 nitrogen and oxygen atoms in total. The minimum atomic E-state index is -4.76. The van der Waals surface area contributed by atoms with Gasteiger partial charge in [0.1, 0.15) is 5.75 Å². The van der Waals surface area contributed by atoms with Gasteiger partial charge in [-0.1, -0.05) is 31.0 Å².